The molecule has 1 amide bonds. The van der Waals surface area contributed by atoms with Crippen LogP contribution in [0, 0.1) is 0 Å². The summed E-state index contributed by atoms with van der Waals surface area (Å²) in [4.78, 5) is 22.1. The van der Waals surface area contributed by atoms with Crippen LogP contribution in [0.25, 0.3) is 0 Å². The average molecular weight is 292 g/mol. The zero-order valence-corrected chi connectivity index (χ0v) is 13.2. The average Bonchev–Trinajstić information content (AvgIpc) is 2.86. The van der Waals surface area contributed by atoms with Crippen molar-refractivity contribution in [2.75, 3.05) is 13.1 Å². The van der Waals surface area contributed by atoms with Crippen molar-refractivity contribution in [2.24, 2.45) is 0 Å². The molecule has 1 fully saturated rings. The van der Waals surface area contributed by atoms with E-state index in [2.05, 4.69) is 22.2 Å². The Bertz CT molecular complexity index is 472. The minimum absolute atomic E-state index is 0.113. The van der Waals surface area contributed by atoms with Gasteiger partial charge in [0.1, 0.15) is 5.60 Å². The third-order valence-corrected chi connectivity index (χ3v) is 3.35. The summed E-state index contributed by atoms with van der Waals surface area (Å²) in [5.74, 6) is 0. The molecule has 0 bridgehead atoms. The van der Waals surface area contributed by atoms with Gasteiger partial charge in [-0.2, -0.15) is 0 Å². The number of hydrogen-bond acceptors (Lipinski definition) is 5. The third kappa shape index (κ3) is 4.67. The molecule has 1 aliphatic heterocycles. The van der Waals surface area contributed by atoms with Crippen molar-refractivity contribution in [1.29, 1.82) is 0 Å². The molecule has 1 N–H and O–H groups in total. The van der Waals surface area contributed by atoms with Gasteiger partial charge in [0.25, 0.3) is 0 Å². The molecule has 0 aromatic carbocycles. The minimum atomic E-state index is -0.449. The van der Waals surface area contributed by atoms with Crippen molar-refractivity contribution in [1.82, 2.24) is 20.2 Å². The van der Waals surface area contributed by atoms with Gasteiger partial charge in [0.05, 0.1) is 5.69 Å². The van der Waals surface area contributed by atoms with Crippen molar-refractivity contribution >= 4 is 6.09 Å². The number of nitrogens with one attached hydrogen (secondary N) is 1. The summed E-state index contributed by atoms with van der Waals surface area (Å²) >= 11 is 0. The quantitative estimate of drug-likeness (QED) is 0.924. The summed E-state index contributed by atoms with van der Waals surface area (Å²) in [5, 5.41) is 3.49. The molecule has 21 heavy (non-hydrogen) atoms. The Balaban J connectivity index is 1.84. The Morgan fingerprint density at radius 3 is 2.86 bits per heavy atom. The molecular formula is C15H24N4O2. The van der Waals surface area contributed by atoms with E-state index in [-0.39, 0.29) is 18.2 Å². The Labute approximate surface area is 125 Å². The number of rotatable bonds is 3. The predicted molar refractivity (Wildman–Crippen MR) is 79.8 cm³/mol. The van der Waals surface area contributed by atoms with Crippen molar-refractivity contribution in [3.63, 3.8) is 0 Å². The molecule has 0 spiro atoms. The topological polar surface area (TPSA) is 67.4 Å². The molecule has 2 heterocycles. The molecule has 1 aromatic heterocycles. The van der Waals surface area contributed by atoms with Gasteiger partial charge in [-0.3, -0.25) is 9.97 Å². The van der Waals surface area contributed by atoms with E-state index in [1.165, 1.54) is 0 Å². The number of nitrogens with zero attached hydrogens (tertiary/aromatic N) is 3. The lowest BCUT2D eigenvalue weighted by Crippen LogP contribution is -2.39. The molecule has 0 radical (unpaired) electrons. The maximum absolute atomic E-state index is 12.0. The first kappa shape index (κ1) is 15.7. The van der Waals surface area contributed by atoms with Crippen LogP contribution in [0.4, 0.5) is 4.79 Å². The van der Waals surface area contributed by atoms with Gasteiger partial charge >= 0.3 is 6.09 Å². The molecule has 6 heteroatoms. The molecule has 1 unspecified atom stereocenters. The number of aromatic nitrogens is 2. The van der Waals surface area contributed by atoms with Crippen LogP contribution >= 0.6 is 0 Å². The number of carbonyl (C=O) groups is 1. The van der Waals surface area contributed by atoms with Crippen LogP contribution in [0.5, 0.6) is 0 Å². The van der Waals surface area contributed by atoms with Gasteiger partial charge in [0.15, 0.2) is 0 Å². The fourth-order valence-electron chi connectivity index (χ4n) is 2.36. The van der Waals surface area contributed by atoms with Gasteiger partial charge in [0.2, 0.25) is 0 Å². The zero-order chi connectivity index (χ0) is 15.5. The van der Waals surface area contributed by atoms with Gasteiger partial charge in [0, 0.05) is 43.8 Å². The summed E-state index contributed by atoms with van der Waals surface area (Å²) in [6.45, 7) is 9.09. The molecule has 0 saturated carbocycles. The molecule has 2 rings (SSSR count). The van der Waals surface area contributed by atoms with E-state index in [1.54, 1.807) is 23.5 Å². The third-order valence-electron chi connectivity index (χ3n) is 3.35. The van der Waals surface area contributed by atoms with Crippen LogP contribution in [0.3, 0.4) is 0 Å². The summed E-state index contributed by atoms with van der Waals surface area (Å²) in [6.07, 6.45) is 5.80. The standard InChI is InChI=1S/C15H24N4O2/c1-11(13-9-16-6-7-17-13)18-12-5-8-19(10-12)14(20)21-15(2,3)4/h6-7,9,11-12,18H,5,8,10H2,1-4H3/t11?,12-/m1/s1. The van der Waals surface area contributed by atoms with Gasteiger partial charge in [-0.05, 0) is 34.1 Å². The van der Waals surface area contributed by atoms with Gasteiger partial charge < -0.3 is 15.0 Å². The van der Waals surface area contributed by atoms with Crippen LogP contribution in [-0.4, -0.2) is 45.7 Å². The van der Waals surface area contributed by atoms with Crippen LogP contribution in [-0.2, 0) is 4.74 Å². The Kier molecular flexibility index (Phi) is 4.77. The summed E-state index contributed by atoms with van der Waals surface area (Å²) in [5.41, 5.74) is 0.461. The lowest BCUT2D eigenvalue weighted by Gasteiger charge is -2.25. The van der Waals surface area contributed by atoms with Crippen LogP contribution in [0.2, 0.25) is 0 Å². The maximum atomic E-state index is 12.0. The van der Waals surface area contributed by atoms with E-state index in [4.69, 9.17) is 4.74 Å². The Morgan fingerprint density at radius 2 is 2.24 bits per heavy atom. The van der Waals surface area contributed by atoms with Gasteiger partial charge in [-0.25, -0.2) is 4.79 Å². The second-order valence-corrected chi connectivity index (χ2v) is 6.43. The molecule has 0 aliphatic carbocycles. The zero-order valence-electron chi connectivity index (χ0n) is 13.2. The molecule has 116 valence electrons. The number of ether oxygens (including phenoxy) is 1. The number of amides is 1. The molecule has 2 atom stereocenters. The first-order valence-corrected chi connectivity index (χ1v) is 7.35. The normalized spacial score (nSPS) is 20.4. The largest absolute Gasteiger partial charge is 0.444 e. The first-order valence-electron chi connectivity index (χ1n) is 7.35. The van der Waals surface area contributed by atoms with E-state index in [1.807, 2.05) is 20.8 Å². The maximum Gasteiger partial charge on any atom is 0.410 e. The lowest BCUT2D eigenvalue weighted by molar-refractivity contribution is 0.0290. The summed E-state index contributed by atoms with van der Waals surface area (Å²) in [6, 6.07) is 0.372. The van der Waals surface area contributed by atoms with E-state index in [0.717, 1.165) is 18.7 Å². The Hall–Kier alpha value is -1.69. The van der Waals surface area contributed by atoms with Crippen molar-refractivity contribution < 1.29 is 9.53 Å². The predicted octanol–water partition coefficient (Wildman–Crippen LogP) is 2.14. The molecular weight excluding hydrogens is 268 g/mol. The highest BCUT2D eigenvalue weighted by atomic mass is 16.6. The number of likely N-dealkylation sites (tertiary alicyclic amines) is 1. The highest BCUT2D eigenvalue weighted by Gasteiger charge is 2.30. The lowest BCUT2D eigenvalue weighted by atomic mass is 10.2. The fraction of sp³-hybridized carbons (Fsp3) is 0.667. The van der Waals surface area contributed by atoms with Gasteiger partial charge in [-0.15, -0.1) is 0 Å². The smallest absolute Gasteiger partial charge is 0.410 e. The molecule has 6 nitrogen and oxygen atoms in total. The Morgan fingerprint density at radius 1 is 1.48 bits per heavy atom. The molecule has 1 saturated heterocycles. The summed E-state index contributed by atoms with van der Waals surface area (Å²) < 4.78 is 5.40. The monoisotopic (exact) mass is 292 g/mol. The minimum Gasteiger partial charge on any atom is -0.444 e. The highest BCUT2D eigenvalue weighted by Crippen LogP contribution is 2.17. The van der Waals surface area contributed by atoms with E-state index in [9.17, 15) is 4.79 Å². The number of hydrogen-bond donors (Lipinski definition) is 1. The van der Waals surface area contributed by atoms with Crippen LogP contribution < -0.4 is 5.32 Å². The second kappa shape index (κ2) is 6.39. The fourth-order valence-corrected chi connectivity index (χ4v) is 2.36. The van der Waals surface area contributed by atoms with Crippen molar-refractivity contribution in [3.8, 4) is 0 Å². The molecule has 1 aliphatic rings. The van der Waals surface area contributed by atoms with Crippen molar-refractivity contribution in [3.05, 3.63) is 24.3 Å². The number of carbonyl (C=O) groups excluding carboxylic acids is 1. The van der Waals surface area contributed by atoms with E-state index < -0.39 is 5.60 Å². The van der Waals surface area contributed by atoms with E-state index in [0.29, 0.717) is 6.54 Å². The highest BCUT2D eigenvalue weighted by molar-refractivity contribution is 5.68. The first-order chi connectivity index (χ1) is 9.85. The SMILES string of the molecule is CC(N[C@@H]1CCN(C(=O)OC(C)(C)C)C1)c1cnccn1. The van der Waals surface area contributed by atoms with Gasteiger partial charge in [-0.1, -0.05) is 0 Å². The molecule has 1 aromatic rings. The van der Waals surface area contributed by atoms with E-state index >= 15 is 0 Å². The second-order valence-electron chi connectivity index (χ2n) is 6.43. The van der Waals surface area contributed by atoms with Crippen LogP contribution in [0.15, 0.2) is 18.6 Å². The van der Waals surface area contributed by atoms with Crippen molar-refractivity contribution in [2.45, 2.75) is 51.8 Å². The summed E-state index contributed by atoms with van der Waals surface area (Å²) in [7, 11) is 0. The van der Waals surface area contributed by atoms with Crippen LogP contribution in [0.1, 0.15) is 45.9 Å².